The van der Waals surface area contributed by atoms with Crippen molar-refractivity contribution >= 4 is 23.5 Å². The molecule has 0 aliphatic carbocycles. The number of carbonyl (C=O) groups is 3. The van der Waals surface area contributed by atoms with Crippen molar-refractivity contribution < 1.29 is 24.2 Å². The minimum atomic E-state index is -1.09. The van der Waals surface area contributed by atoms with Gasteiger partial charge in [-0.15, -0.1) is 0 Å². The lowest BCUT2D eigenvalue weighted by molar-refractivity contribution is -0.151. The van der Waals surface area contributed by atoms with E-state index in [-0.39, 0.29) is 6.54 Å². The fourth-order valence-corrected chi connectivity index (χ4v) is 2.28. The Morgan fingerprint density at radius 2 is 2.14 bits per heavy atom. The standard InChI is InChI=1S/C14H16N2O5/c1-21-10-5-2-4-9(8-10)15-12(17)13(18)16-7-3-6-11(16)14(19)20/h2,4-5,8,11H,3,6-7H2,1H3,(H,15,17)(H,19,20). The van der Waals surface area contributed by atoms with Crippen LogP contribution in [0.2, 0.25) is 0 Å². The summed E-state index contributed by atoms with van der Waals surface area (Å²) in [5, 5.41) is 11.5. The average molecular weight is 292 g/mol. The molecule has 7 nitrogen and oxygen atoms in total. The molecule has 0 radical (unpaired) electrons. The number of rotatable bonds is 3. The SMILES string of the molecule is COc1cccc(NC(=O)C(=O)N2CCCC2C(=O)O)c1. The molecule has 1 saturated heterocycles. The van der Waals surface area contributed by atoms with Crippen LogP contribution in [0.5, 0.6) is 5.75 Å². The first kappa shape index (κ1) is 14.8. The molecular formula is C14H16N2O5. The van der Waals surface area contributed by atoms with Crippen LogP contribution >= 0.6 is 0 Å². The second-order valence-corrected chi connectivity index (χ2v) is 4.68. The van der Waals surface area contributed by atoms with Crippen LogP contribution in [0, 0.1) is 0 Å². The van der Waals surface area contributed by atoms with E-state index in [0.717, 1.165) is 4.90 Å². The topological polar surface area (TPSA) is 95.9 Å². The number of nitrogens with zero attached hydrogens (tertiary/aromatic N) is 1. The summed E-state index contributed by atoms with van der Waals surface area (Å²) in [4.78, 5) is 36.1. The van der Waals surface area contributed by atoms with Gasteiger partial charge in [0.15, 0.2) is 0 Å². The number of carboxylic acid groups (broad SMARTS) is 1. The van der Waals surface area contributed by atoms with Crippen LogP contribution in [-0.4, -0.2) is 47.5 Å². The van der Waals surface area contributed by atoms with Gasteiger partial charge in [-0.1, -0.05) is 6.07 Å². The first-order chi connectivity index (χ1) is 10.0. The largest absolute Gasteiger partial charge is 0.497 e. The highest BCUT2D eigenvalue weighted by Crippen LogP contribution is 2.19. The number of nitrogens with one attached hydrogen (secondary N) is 1. The lowest BCUT2D eigenvalue weighted by Gasteiger charge is -2.20. The lowest BCUT2D eigenvalue weighted by Crippen LogP contribution is -2.45. The van der Waals surface area contributed by atoms with Crippen LogP contribution in [0.1, 0.15) is 12.8 Å². The summed E-state index contributed by atoms with van der Waals surface area (Å²) in [5.41, 5.74) is 0.416. The third-order valence-corrected chi connectivity index (χ3v) is 3.32. The third kappa shape index (κ3) is 3.31. The number of carboxylic acids is 1. The minimum absolute atomic E-state index is 0.279. The second-order valence-electron chi connectivity index (χ2n) is 4.68. The average Bonchev–Trinajstić information content (AvgIpc) is 2.96. The monoisotopic (exact) mass is 292 g/mol. The predicted octanol–water partition coefficient (Wildman–Crippen LogP) is 0.709. The quantitative estimate of drug-likeness (QED) is 0.800. The van der Waals surface area contributed by atoms with Crippen LogP contribution in [-0.2, 0) is 14.4 Å². The Balaban J connectivity index is 2.05. The van der Waals surface area contributed by atoms with E-state index < -0.39 is 23.8 Å². The minimum Gasteiger partial charge on any atom is -0.497 e. The second kappa shape index (κ2) is 6.25. The smallest absolute Gasteiger partial charge is 0.326 e. The Labute approximate surface area is 121 Å². The fourth-order valence-electron chi connectivity index (χ4n) is 2.28. The molecule has 1 heterocycles. The number of hydrogen-bond acceptors (Lipinski definition) is 4. The summed E-state index contributed by atoms with van der Waals surface area (Å²) in [5.74, 6) is -2.22. The number of likely N-dealkylation sites (tertiary alicyclic amines) is 1. The molecule has 2 rings (SSSR count). The number of aliphatic carboxylic acids is 1. The Kier molecular flexibility index (Phi) is 4.42. The fraction of sp³-hybridized carbons (Fsp3) is 0.357. The van der Waals surface area contributed by atoms with Gasteiger partial charge in [-0.05, 0) is 25.0 Å². The molecular weight excluding hydrogens is 276 g/mol. The van der Waals surface area contributed by atoms with E-state index in [9.17, 15) is 14.4 Å². The Bertz CT molecular complexity index is 572. The Hall–Kier alpha value is -2.57. The van der Waals surface area contributed by atoms with Crippen LogP contribution in [0.3, 0.4) is 0 Å². The maximum atomic E-state index is 12.0. The molecule has 0 aromatic heterocycles. The molecule has 1 aromatic rings. The molecule has 1 atom stereocenters. The van der Waals surface area contributed by atoms with Crippen molar-refractivity contribution in [1.82, 2.24) is 4.90 Å². The van der Waals surface area contributed by atoms with Gasteiger partial charge in [-0.25, -0.2) is 4.79 Å². The molecule has 1 aromatic carbocycles. The van der Waals surface area contributed by atoms with Crippen molar-refractivity contribution in [2.24, 2.45) is 0 Å². The van der Waals surface area contributed by atoms with Crippen LogP contribution in [0.15, 0.2) is 24.3 Å². The van der Waals surface area contributed by atoms with Crippen molar-refractivity contribution in [3.05, 3.63) is 24.3 Å². The summed E-state index contributed by atoms with van der Waals surface area (Å²) in [7, 11) is 1.49. The number of anilines is 1. The van der Waals surface area contributed by atoms with Gasteiger partial charge >= 0.3 is 17.8 Å². The summed E-state index contributed by atoms with van der Waals surface area (Å²) < 4.78 is 5.02. The molecule has 21 heavy (non-hydrogen) atoms. The highest BCUT2D eigenvalue weighted by atomic mass is 16.5. The maximum Gasteiger partial charge on any atom is 0.326 e. The van der Waals surface area contributed by atoms with Gasteiger partial charge < -0.3 is 20.1 Å². The van der Waals surface area contributed by atoms with E-state index >= 15 is 0 Å². The van der Waals surface area contributed by atoms with Crippen molar-refractivity contribution in [2.75, 3.05) is 19.0 Å². The van der Waals surface area contributed by atoms with E-state index in [2.05, 4.69) is 5.32 Å². The number of amides is 2. The normalized spacial score (nSPS) is 17.4. The summed E-state index contributed by atoms with van der Waals surface area (Å²) in [6.45, 7) is 0.279. The van der Waals surface area contributed by atoms with Crippen LogP contribution in [0.25, 0.3) is 0 Å². The number of methoxy groups -OCH3 is 1. The molecule has 1 unspecified atom stereocenters. The summed E-state index contributed by atoms with van der Waals surface area (Å²) >= 11 is 0. The molecule has 2 N–H and O–H groups in total. The van der Waals surface area contributed by atoms with Gasteiger partial charge in [0, 0.05) is 18.3 Å². The highest BCUT2D eigenvalue weighted by molar-refractivity contribution is 6.39. The Morgan fingerprint density at radius 3 is 2.81 bits per heavy atom. The highest BCUT2D eigenvalue weighted by Gasteiger charge is 2.36. The third-order valence-electron chi connectivity index (χ3n) is 3.32. The number of ether oxygens (including phenoxy) is 1. The van der Waals surface area contributed by atoms with Gasteiger partial charge in [0.1, 0.15) is 11.8 Å². The van der Waals surface area contributed by atoms with E-state index in [1.165, 1.54) is 7.11 Å². The van der Waals surface area contributed by atoms with Gasteiger partial charge in [0.2, 0.25) is 0 Å². The first-order valence-electron chi connectivity index (χ1n) is 6.51. The van der Waals surface area contributed by atoms with E-state index in [1.807, 2.05) is 0 Å². The van der Waals surface area contributed by atoms with E-state index in [0.29, 0.717) is 24.3 Å². The van der Waals surface area contributed by atoms with Gasteiger partial charge in [0.05, 0.1) is 7.11 Å². The van der Waals surface area contributed by atoms with Crippen molar-refractivity contribution in [3.8, 4) is 5.75 Å². The number of hydrogen-bond donors (Lipinski definition) is 2. The Morgan fingerprint density at radius 1 is 1.38 bits per heavy atom. The molecule has 1 fully saturated rings. The predicted molar refractivity (Wildman–Crippen MR) is 74.0 cm³/mol. The zero-order chi connectivity index (χ0) is 15.4. The first-order valence-corrected chi connectivity index (χ1v) is 6.51. The summed E-state index contributed by atoms with van der Waals surface area (Å²) in [6.07, 6.45) is 0.947. The molecule has 2 amide bonds. The zero-order valence-corrected chi connectivity index (χ0v) is 11.5. The van der Waals surface area contributed by atoms with E-state index in [1.54, 1.807) is 24.3 Å². The maximum absolute atomic E-state index is 12.0. The molecule has 1 aliphatic heterocycles. The van der Waals surface area contributed by atoms with Crippen molar-refractivity contribution in [3.63, 3.8) is 0 Å². The molecule has 112 valence electrons. The number of carbonyl (C=O) groups excluding carboxylic acids is 2. The van der Waals surface area contributed by atoms with Crippen LogP contribution in [0.4, 0.5) is 5.69 Å². The summed E-state index contributed by atoms with van der Waals surface area (Å²) in [6, 6.07) is 5.65. The van der Waals surface area contributed by atoms with Crippen LogP contribution < -0.4 is 10.1 Å². The lowest BCUT2D eigenvalue weighted by atomic mass is 10.2. The van der Waals surface area contributed by atoms with Gasteiger partial charge in [-0.2, -0.15) is 0 Å². The van der Waals surface area contributed by atoms with Crippen molar-refractivity contribution in [2.45, 2.75) is 18.9 Å². The molecule has 0 bridgehead atoms. The molecule has 0 saturated carbocycles. The molecule has 0 spiro atoms. The zero-order valence-electron chi connectivity index (χ0n) is 11.5. The van der Waals surface area contributed by atoms with Gasteiger partial charge in [-0.3, -0.25) is 9.59 Å². The van der Waals surface area contributed by atoms with Crippen molar-refractivity contribution in [1.29, 1.82) is 0 Å². The molecule has 7 heteroatoms. The number of benzene rings is 1. The van der Waals surface area contributed by atoms with E-state index in [4.69, 9.17) is 9.84 Å². The molecule has 1 aliphatic rings. The van der Waals surface area contributed by atoms with Gasteiger partial charge in [0.25, 0.3) is 0 Å².